The Hall–Kier alpha value is -1.06. The quantitative estimate of drug-likeness (QED) is 0.868. The van der Waals surface area contributed by atoms with Gasteiger partial charge in [-0.25, -0.2) is 0 Å². The van der Waals surface area contributed by atoms with Gasteiger partial charge in [-0.3, -0.25) is 0 Å². The summed E-state index contributed by atoms with van der Waals surface area (Å²) in [5.74, 6) is 1.66. The molecule has 1 aliphatic heterocycles. The lowest BCUT2D eigenvalue weighted by atomic mass is 9.99. The molecule has 0 unspecified atom stereocenters. The molecule has 1 aliphatic rings. The second kappa shape index (κ2) is 6.76. The van der Waals surface area contributed by atoms with Crippen LogP contribution in [0.2, 0.25) is 0 Å². The minimum absolute atomic E-state index is 0.371. The Bertz CT molecular complexity index is 334. The van der Waals surface area contributed by atoms with Crippen LogP contribution in [0.5, 0.6) is 5.75 Å². The van der Waals surface area contributed by atoms with Crippen molar-refractivity contribution in [3.05, 3.63) is 30.3 Å². The van der Waals surface area contributed by atoms with E-state index in [4.69, 9.17) is 4.74 Å². The van der Waals surface area contributed by atoms with E-state index < -0.39 is 6.10 Å². The Kier molecular flexibility index (Phi) is 5.02. The number of likely N-dealkylation sites (tertiary alicyclic amines) is 1. The fourth-order valence-corrected chi connectivity index (χ4v) is 2.30. The van der Waals surface area contributed by atoms with Crippen molar-refractivity contribution >= 4 is 0 Å². The minimum Gasteiger partial charge on any atom is -0.491 e. The molecule has 3 heteroatoms. The fourth-order valence-electron chi connectivity index (χ4n) is 2.30. The van der Waals surface area contributed by atoms with E-state index in [0.717, 1.165) is 31.3 Å². The van der Waals surface area contributed by atoms with Crippen molar-refractivity contribution in [2.45, 2.75) is 25.9 Å². The standard InChI is InChI=1S/C15H23NO2/c1-13-7-9-16(10-8-13)11-14(17)12-18-15-5-3-2-4-6-15/h2-6,13-14,17H,7-12H2,1H3/t14-/m1/s1. The first-order chi connectivity index (χ1) is 8.74. The van der Waals surface area contributed by atoms with Crippen LogP contribution in [0.15, 0.2) is 30.3 Å². The highest BCUT2D eigenvalue weighted by atomic mass is 16.5. The van der Waals surface area contributed by atoms with Crippen LogP contribution in [0, 0.1) is 5.92 Å². The fraction of sp³-hybridized carbons (Fsp3) is 0.600. The highest BCUT2D eigenvalue weighted by molar-refractivity contribution is 5.20. The number of aliphatic hydroxyl groups excluding tert-OH is 1. The van der Waals surface area contributed by atoms with Gasteiger partial charge in [0.25, 0.3) is 0 Å². The maximum Gasteiger partial charge on any atom is 0.119 e. The van der Waals surface area contributed by atoms with Gasteiger partial charge in [-0.05, 0) is 44.0 Å². The van der Waals surface area contributed by atoms with Gasteiger partial charge >= 0.3 is 0 Å². The third-order valence-electron chi connectivity index (χ3n) is 3.53. The zero-order chi connectivity index (χ0) is 12.8. The first-order valence-corrected chi connectivity index (χ1v) is 6.82. The largest absolute Gasteiger partial charge is 0.491 e. The van der Waals surface area contributed by atoms with Crippen LogP contribution in [0.4, 0.5) is 0 Å². The Morgan fingerprint density at radius 1 is 1.28 bits per heavy atom. The molecule has 2 rings (SSSR count). The lowest BCUT2D eigenvalue weighted by molar-refractivity contribution is 0.0563. The number of benzene rings is 1. The molecule has 1 saturated heterocycles. The summed E-state index contributed by atoms with van der Waals surface area (Å²) in [5.41, 5.74) is 0. The van der Waals surface area contributed by atoms with Gasteiger partial charge in [0, 0.05) is 6.54 Å². The van der Waals surface area contributed by atoms with E-state index in [1.807, 2.05) is 30.3 Å². The second-order valence-corrected chi connectivity index (χ2v) is 5.26. The number of rotatable bonds is 5. The van der Waals surface area contributed by atoms with Crippen molar-refractivity contribution in [2.75, 3.05) is 26.2 Å². The van der Waals surface area contributed by atoms with Gasteiger partial charge in [0.2, 0.25) is 0 Å². The Labute approximate surface area is 109 Å². The van der Waals surface area contributed by atoms with E-state index in [9.17, 15) is 5.11 Å². The molecule has 1 N–H and O–H groups in total. The highest BCUT2D eigenvalue weighted by Gasteiger charge is 2.18. The summed E-state index contributed by atoms with van der Waals surface area (Å²) in [7, 11) is 0. The molecule has 1 fully saturated rings. The predicted octanol–water partition coefficient (Wildman–Crippen LogP) is 2.16. The second-order valence-electron chi connectivity index (χ2n) is 5.26. The van der Waals surface area contributed by atoms with Gasteiger partial charge < -0.3 is 14.7 Å². The van der Waals surface area contributed by atoms with Crippen molar-refractivity contribution in [1.82, 2.24) is 4.90 Å². The van der Waals surface area contributed by atoms with E-state index in [1.165, 1.54) is 12.8 Å². The molecule has 1 atom stereocenters. The van der Waals surface area contributed by atoms with Crippen LogP contribution >= 0.6 is 0 Å². The summed E-state index contributed by atoms with van der Waals surface area (Å²) >= 11 is 0. The minimum atomic E-state index is -0.404. The zero-order valence-electron chi connectivity index (χ0n) is 11.1. The number of nitrogens with zero attached hydrogens (tertiary/aromatic N) is 1. The van der Waals surface area contributed by atoms with Gasteiger partial charge in [0.15, 0.2) is 0 Å². The molecule has 1 aromatic rings. The molecule has 0 spiro atoms. The average molecular weight is 249 g/mol. The zero-order valence-corrected chi connectivity index (χ0v) is 11.1. The van der Waals surface area contributed by atoms with E-state index in [0.29, 0.717) is 6.61 Å². The molecule has 100 valence electrons. The number of piperidine rings is 1. The molecular weight excluding hydrogens is 226 g/mol. The highest BCUT2D eigenvalue weighted by Crippen LogP contribution is 2.16. The Morgan fingerprint density at radius 3 is 2.61 bits per heavy atom. The van der Waals surface area contributed by atoms with Gasteiger partial charge in [-0.1, -0.05) is 25.1 Å². The summed E-state index contributed by atoms with van der Waals surface area (Å²) in [6, 6.07) is 9.66. The maximum atomic E-state index is 9.96. The third kappa shape index (κ3) is 4.31. The molecule has 0 amide bonds. The SMILES string of the molecule is CC1CCN(C[C@@H](O)COc2ccccc2)CC1. The monoisotopic (exact) mass is 249 g/mol. The van der Waals surface area contributed by atoms with E-state index in [1.54, 1.807) is 0 Å². The Balaban J connectivity index is 1.67. The van der Waals surface area contributed by atoms with Crippen LogP contribution in [0.25, 0.3) is 0 Å². The molecule has 1 aromatic carbocycles. The first kappa shape index (κ1) is 13.4. The van der Waals surface area contributed by atoms with Gasteiger partial charge in [-0.15, -0.1) is 0 Å². The van der Waals surface area contributed by atoms with Crippen LogP contribution in [-0.2, 0) is 0 Å². The summed E-state index contributed by atoms with van der Waals surface area (Å²) < 4.78 is 5.55. The van der Waals surface area contributed by atoms with Crippen LogP contribution in [0.1, 0.15) is 19.8 Å². The number of para-hydroxylation sites is 1. The number of hydrogen-bond donors (Lipinski definition) is 1. The topological polar surface area (TPSA) is 32.7 Å². The van der Waals surface area contributed by atoms with Crippen LogP contribution in [-0.4, -0.2) is 42.4 Å². The summed E-state index contributed by atoms with van der Waals surface area (Å²) in [4.78, 5) is 2.33. The molecule has 0 aromatic heterocycles. The molecular formula is C15H23NO2. The smallest absolute Gasteiger partial charge is 0.119 e. The molecule has 0 aliphatic carbocycles. The molecule has 3 nitrogen and oxygen atoms in total. The molecule has 0 bridgehead atoms. The average Bonchev–Trinajstić information content (AvgIpc) is 2.40. The molecule has 0 saturated carbocycles. The molecule has 1 heterocycles. The van der Waals surface area contributed by atoms with Gasteiger partial charge in [-0.2, -0.15) is 0 Å². The van der Waals surface area contributed by atoms with Crippen LogP contribution in [0.3, 0.4) is 0 Å². The first-order valence-electron chi connectivity index (χ1n) is 6.82. The number of ether oxygens (including phenoxy) is 1. The normalized spacial score (nSPS) is 19.7. The third-order valence-corrected chi connectivity index (χ3v) is 3.53. The summed E-state index contributed by atoms with van der Waals surface area (Å²) in [5, 5.41) is 9.96. The maximum absolute atomic E-state index is 9.96. The summed E-state index contributed by atoms with van der Waals surface area (Å²) in [6.45, 7) is 5.59. The van der Waals surface area contributed by atoms with Crippen molar-refractivity contribution in [1.29, 1.82) is 0 Å². The number of hydrogen-bond acceptors (Lipinski definition) is 3. The lowest BCUT2D eigenvalue weighted by Gasteiger charge is -2.31. The van der Waals surface area contributed by atoms with E-state index >= 15 is 0 Å². The lowest BCUT2D eigenvalue weighted by Crippen LogP contribution is -2.40. The van der Waals surface area contributed by atoms with Crippen molar-refractivity contribution in [3.63, 3.8) is 0 Å². The number of aliphatic hydroxyl groups is 1. The van der Waals surface area contributed by atoms with E-state index in [-0.39, 0.29) is 0 Å². The van der Waals surface area contributed by atoms with Crippen LogP contribution < -0.4 is 4.74 Å². The molecule has 0 radical (unpaired) electrons. The van der Waals surface area contributed by atoms with Crippen molar-refractivity contribution in [2.24, 2.45) is 5.92 Å². The van der Waals surface area contributed by atoms with Crippen molar-refractivity contribution < 1.29 is 9.84 Å². The predicted molar refractivity (Wildman–Crippen MR) is 72.8 cm³/mol. The molecule has 18 heavy (non-hydrogen) atoms. The van der Waals surface area contributed by atoms with E-state index in [2.05, 4.69) is 11.8 Å². The Morgan fingerprint density at radius 2 is 1.94 bits per heavy atom. The summed E-state index contributed by atoms with van der Waals surface area (Å²) in [6.07, 6.45) is 2.08. The van der Waals surface area contributed by atoms with Crippen molar-refractivity contribution in [3.8, 4) is 5.75 Å². The number of β-amino-alcohol motifs (C(OH)–C–C–N with tert-alkyl or cyclic N) is 1. The van der Waals surface area contributed by atoms with Gasteiger partial charge in [0.05, 0.1) is 0 Å². The van der Waals surface area contributed by atoms with Gasteiger partial charge in [0.1, 0.15) is 18.5 Å².